The van der Waals surface area contributed by atoms with E-state index in [0.717, 1.165) is 19.2 Å². The normalized spacial score (nSPS) is 20.1. The Kier molecular flexibility index (Phi) is 6.20. The van der Waals surface area contributed by atoms with Crippen molar-refractivity contribution >= 4 is 0 Å². The van der Waals surface area contributed by atoms with Gasteiger partial charge in [-0.1, -0.05) is 26.2 Å². The highest BCUT2D eigenvalue weighted by molar-refractivity contribution is 4.74. The SMILES string of the molecule is CCCCOC(C)CNC1CCCC1. The zero-order valence-electron chi connectivity index (χ0n) is 9.72. The van der Waals surface area contributed by atoms with Crippen molar-refractivity contribution in [3.05, 3.63) is 0 Å². The standard InChI is InChI=1S/C12H25NO/c1-3-4-9-14-11(2)10-13-12-7-5-6-8-12/h11-13H,3-10H2,1-2H3. The maximum Gasteiger partial charge on any atom is 0.0671 e. The highest BCUT2D eigenvalue weighted by Crippen LogP contribution is 2.17. The van der Waals surface area contributed by atoms with Crippen molar-refractivity contribution in [1.82, 2.24) is 5.32 Å². The lowest BCUT2D eigenvalue weighted by Gasteiger charge is -2.17. The van der Waals surface area contributed by atoms with E-state index in [1.165, 1.54) is 38.5 Å². The Hall–Kier alpha value is -0.0800. The molecule has 0 aromatic rings. The second-order valence-corrected chi connectivity index (χ2v) is 4.42. The Morgan fingerprint density at radius 3 is 2.71 bits per heavy atom. The summed E-state index contributed by atoms with van der Waals surface area (Å²) < 4.78 is 5.68. The molecule has 0 bridgehead atoms. The van der Waals surface area contributed by atoms with E-state index in [-0.39, 0.29) is 0 Å². The van der Waals surface area contributed by atoms with E-state index in [1.54, 1.807) is 0 Å². The van der Waals surface area contributed by atoms with Crippen LogP contribution in [0.15, 0.2) is 0 Å². The first kappa shape index (κ1) is 12.0. The van der Waals surface area contributed by atoms with Crippen LogP contribution in [0.5, 0.6) is 0 Å². The van der Waals surface area contributed by atoms with Gasteiger partial charge in [0.05, 0.1) is 6.10 Å². The highest BCUT2D eigenvalue weighted by Gasteiger charge is 2.14. The van der Waals surface area contributed by atoms with Crippen LogP contribution < -0.4 is 5.32 Å². The van der Waals surface area contributed by atoms with Gasteiger partial charge in [-0.25, -0.2) is 0 Å². The van der Waals surface area contributed by atoms with Crippen LogP contribution in [0.2, 0.25) is 0 Å². The van der Waals surface area contributed by atoms with Gasteiger partial charge in [0.25, 0.3) is 0 Å². The molecular formula is C12H25NO. The van der Waals surface area contributed by atoms with E-state index in [2.05, 4.69) is 19.2 Å². The number of rotatable bonds is 7. The molecule has 0 spiro atoms. The molecule has 1 saturated carbocycles. The topological polar surface area (TPSA) is 21.3 Å². The Morgan fingerprint density at radius 2 is 2.07 bits per heavy atom. The molecule has 1 unspecified atom stereocenters. The summed E-state index contributed by atoms with van der Waals surface area (Å²) >= 11 is 0. The van der Waals surface area contributed by atoms with E-state index in [0.29, 0.717) is 6.10 Å². The first-order valence-corrected chi connectivity index (χ1v) is 6.18. The Bertz CT molecular complexity index is 132. The predicted molar refractivity (Wildman–Crippen MR) is 60.6 cm³/mol. The summed E-state index contributed by atoms with van der Waals surface area (Å²) in [6.07, 6.45) is 8.33. The van der Waals surface area contributed by atoms with Gasteiger partial charge in [-0.15, -0.1) is 0 Å². The van der Waals surface area contributed by atoms with Crippen LogP contribution in [0.4, 0.5) is 0 Å². The van der Waals surface area contributed by atoms with Gasteiger partial charge < -0.3 is 10.1 Å². The van der Waals surface area contributed by atoms with E-state index < -0.39 is 0 Å². The summed E-state index contributed by atoms with van der Waals surface area (Å²) in [6, 6.07) is 0.771. The van der Waals surface area contributed by atoms with Crippen molar-refractivity contribution in [3.63, 3.8) is 0 Å². The van der Waals surface area contributed by atoms with Crippen molar-refractivity contribution in [1.29, 1.82) is 0 Å². The van der Waals surface area contributed by atoms with Crippen molar-refractivity contribution < 1.29 is 4.74 Å². The molecule has 1 atom stereocenters. The zero-order chi connectivity index (χ0) is 10.2. The smallest absolute Gasteiger partial charge is 0.0671 e. The van der Waals surface area contributed by atoms with Crippen molar-refractivity contribution in [2.45, 2.75) is 64.5 Å². The molecule has 1 rings (SSSR count). The molecule has 1 aliphatic carbocycles. The largest absolute Gasteiger partial charge is 0.377 e. The molecule has 2 nitrogen and oxygen atoms in total. The Morgan fingerprint density at radius 1 is 1.36 bits per heavy atom. The third-order valence-corrected chi connectivity index (χ3v) is 2.95. The molecule has 84 valence electrons. The number of hydrogen-bond acceptors (Lipinski definition) is 2. The van der Waals surface area contributed by atoms with E-state index in [9.17, 15) is 0 Å². The minimum Gasteiger partial charge on any atom is -0.377 e. The summed E-state index contributed by atoms with van der Waals surface area (Å²) in [7, 11) is 0. The van der Waals surface area contributed by atoms with Crippen LogP contribution in [-0.2, 0) is 4.74 Å². The maximum absolute atomic E-state index is 5.68. The van der Waals surface area contributed by atoms with Gasteiger partial charge in [-0.05, 0) is 26.2 Å². The van der Waals surface area contributed by atoms with Crippen LogP contribution >= 0.6 is 0 Å². The molecule has 2 heteroatoms. The number of hydrogen-bond donors (Lipinski definition) is 1. The summed E-state index contributed by atoms with van der Waals surface area (Å²) in [5, 5.41) is 3.58. The molecular weight excluding hydrogens is 174 g/mol. The van der Waals surface area contributed by atoms with Crippen molar-refractivity contribution in [2.75, 3.05) is 13.2 Å². The first-order chi connectivity index (χ1) is 6.83. The summed E-state index contributed by atoms with van der Waals surface area (Å²) in [5.41, 5.74) is 0. The molecule has 1 aliphatic rings. The number of unbranched alkanes of at least 4 members (excludes halogenated alkanes) is 1. The summed E-state index contributed by atoms with van der Waals surface area (Å²) in [5.74, 6) is 0. The van der Waals surface area contributed by atoms with Crippen LogP contribution in [0.3, 0.4) is 0 Å². The molecule has 0 saturated heterocycles. The maximum atomic E-state index is 5.68. The minimum absolute atomic E-state index is 0.377. The van der Waals surface area contributed by atoms with Crippen LogP contribution in [0, 0.1) is 0 Å². The summed E-state index contributed by atoms with van der Waals surface area (Å²) in [6.45, 7) is 6.31. The van der Waals surface area contributed by atoms with E-state index in [1.807, 2.05) is 0 Å². The monoisotopic (exact) mass is 199 g/mol. The third-order valence-electron chi connectivity index (χ3n) is 2.95. The lowest BCUT2D eigenvalue weighted by Crippen LogP contribution is -2.33. The summed E-state index contributed by atoms with van der Waals surface area (Å²) in [4.78, 5) is 0. The number of ether oxygens (including phenoxy) is 1. The Balaban J connectivity index is 1.93. The molecule has 1 fully saturated rings. The second-order valence-electron chi connectivity index (χ2n) is 4.42. The molecule has 14 heavy (non-hydrogen) atoms. The first-order valence-electron chi connectivity index (χ1n) is 6.18. The fraction of sp³-hybridized carbons (Fsp3) is 1.00. The van der Waals surface area contributed by atoms with Crippen molar-refractivity contribution in [2.24, 2.45) is 0 Å². The van der Waals surface area contributed by atoms with Crippen LogP contribution in [-0.4, -0.2) is 25.3 Å². The fourth-order valence-corrected chi connectivity index (χ4v) is 1.95. The quantitative estimate of drug-likeness (QED) is 0.637. The van der Waals surface area contributed by atoms with Crippen LogP contribution in [0.1, 0.15) is 52.4 Å². The molecule has 0 aromatic carbocycles. The van der Waals surface area contributed by atoms with Gasteiger partial charge in [0.1, 0.15) is 0 Å². The highest BCUT2D eigenvalue weighted by atomic mass is 16.5. The predicted octanol–water partition coefficient (Wildman–Crippen LogP) is 2.72. The fourth-order valence-electron chi connectivity index (χ4n) is 1.95. The van der Waals surface area contributed by atoms with Gasteiger partial charge in [-0.3, -0.25) is 0 Å². The van der Waals surface area contributed by atoms with Crippen LogP contribution in [0.25, 0.3) is 0 Å². The minimum atomic E-state index is 0.377. The van der Waals surface area contributed by atoms with Gasteiger partial charge in [0.15, 0.2) is 0 Å². The van der Waals surface area contributed by atoms with Gasteiger partial charge in [-0.2, -0.15) is 0 Å². The molecule has 1 N–H and O–H groups in total. The van der Waals surface area contributed by atoms with Gasteiger partial charge in [0.2, 0.25) is 0 Å². The van der Waals surface area contributed by atoms with Gasteiger partial charge in [0, 0.05) is 19.2 Å². The molecule has 0 heterocycles. The average molecular weight is 199 g/mol. The third kappa shape index (κ3) is 4.97. The van der Waals surface area contributed by atoms with E-state index >= 15 is 0 Å². The Labute approximate surface area is 88.4 Å². The van der Waals surface area contributed by atoms with Gasteiger partial charge >= 0.3 is 0 Å². The zero-order valence-corrected chi connectivity index (χ0v) is 9.72. The lowest BCUT2D eigenvalue weighted by molar-refractivity contribution is 0.0621. The molecule has 0 aliphatic heterocycles. The molecule has 0 aromatic heterocycles. The second kappa shape index (κ2) is 7.24. The molecule has 0 amide bonds. The average Bonchev–Trinajstić information content (AvgIpc) is 2.68. The van der Waals surface area contributed by atoms with E-state index in [4.69, 9.17) is 4.74 Å². The number of nitrogens with one attached hydrogen (secondary N) is 1. The lowest BCUT2D eigenvalue weighted by atomic mass is 10.2. The van der Waals surface area contributed by atoms with Crippen molar-refractivity contribution in [3.8, 4) is 0 Å². The molecule has 0 radical (unpaired) electrons.